The fraction of sp³-hybridized carbons (Fsp3) is 0.500. The molecule has 0 unspecified atom stereocenters. The van der Waals surface area contributed by atoms with Gasteiger partial charge in [0.2, 0.25) is 0 Å². The quantitative estimate of drug-likeness (QED) is 0.515. The third-order valence-corrected chi connectivity index (χ3v) is 8.61. The molecule has 35 heavy (non-hydrogen) atoms. The van der Waals surface area contributed by atoms with Gasteiger partial charge in [0.05, 0.1) is 0 Å². The van der Waals surface area contributed by atoms with E-state index >= 15 is 0 Å². The Morgan fingerprint density at radius 3 is 2.26 bits per heavy atom. The Hall–Kier alpha value is -2.63. The van der Waals surface area contributed by atoms with Gasteiger partial charge in [-0.2, -0.15) is 0 Å². The lowest BCUT2D eigenvalue weighted by Gasteiger charge is -2.38. The largest absolute Gasteiger partial charge is 0.344 e. The summed E-state index contributed by atoms with van der Waals surface area (Å²) in [6, 6.07) is 20.6. The molecule has 5 nitrogen and oxygen atoms in total. The molecule has 3 heterocycles. The van der Waals surface area contributed by atoms with E-state index < -0.39 is 0 Å². The van der Waals surface area contributed by atoms with Crippen molar-refractivity contribution < 1.29 is 4.79 Å². The molecule has 2 aromatic carbocycles. The summed E-state index contributed by atoms with van der Waals surface area (Å²) in [5, 5.41) is 1.19. The minimum absolute atomic E-state index is 0.194. The highest BCUT2D eigenvalue weighted by Crippen LogP contribution is 2.30. The summed E-state index contributed by atoms with van der Waals surface area (Å²) in [6.07, 6.45) is 10.00. The van der Waals surface area contributed by atoms with E-state index in [2.05, 4.69) is 80.1 Å². The van der Waals surface area contributed by atoms with Crippen LogP contribution in [0.25, 0.3) is 10.9 Å². The van der Waals surface area contributed by atoms with Gasteiger partial charge in [-0.05, 0) is 55.5 Å². The molecule has 1 aliphatic carbocycles. The average molecular weight is 471 g/mol. The lowest BCUT2D eigenvalue weighted by atomic mass is 10.0. The highest BCUT2D eigenvalue weighted by Gasteiger charge is 2.28. The molecule has 3 fully saturated rings. The highest BCUT2D eigenvalue weighted by atomic mass is 16.2. The Bertz CT molecular complexity index is 1130. The summed E-state index contributed by atoms with van der Waals surface area (Å²) < 4.78 is 2.45. The van der Waals surface area contributed by atoms with E-state index in [0.717, 1.165) is 57.4 Å². The van der Waals surface area contributed by atoms with Crippen LogP contribution < -0.4 is 0 Å². The van der Waals surface area contributed by atoms with Crippen LogP contribution in [0.15, 0.2) is 60.8 Å². The maximum Gasteiger partial charge on any atom is 0.253 e. The summed E-state index contributed by atoms with van der Waals surface area (Å²) >= 11 is 0. The summed E-state index contributed by atoms with van der Waals surface area (Å²) in [6.45, 7) is 7.06. The van der Waals surface area contributed by atoms with E-state index in [4.69, 9.17) is 0 Å². The van der Waals surface area contributed by atoms with Crippen molar-refractivity contribution >= 4 is 16.8 Å². The minimum atomic E-state index is 0.194. The van der Waals surface area contributed by atoms with Gasteiger partial charge in [-0.1, -0.05) is 43.2 Å². The molecule has 0 N–H and O–H groups in total. The molecule has 0 bridgehead atoms. The van der Waals surface area contributed by atoms with Crippen molar-refractivity contribution in [3.63, 3.8) is 0 Å². The van der Waals surface area contributed by atoms with Gasteiger partial charge in [-0.15, -0.1) is 0 Å². The van der Waals surface area contributed by atoms with Crippen LogP contribution in [-0.2, 0) is 6.54 Å². The number of aromatic nitrogens is 1. The van der Waals surface area contributed by atoms with E-state index in [-0.39, 0.29) is 5.91 Å². The zero-order chi connectivity index (χ0) is 23.6. The molecule has 184 valence electrons. The van der Waals surface area contributed by atoms with Crippen LogP contribution in [0.5, 0.6) is 0 Å². The highest BCUT2D eigenvalue weighted by molar-refractivity contribution is 5.98. The van der Waals surface area contributed by atoms with Crippen LogP contribution in [0, 0.1) is 0 Å². The fourth-order valence-corrected chi connectivity index (χ4v) is 6.55. The molecule has 3 aromatic rings. The first-order valence-electron chi connectivity index (χ1n) is 13.6. The molecule has 1 saturated carbocycles. The Morgan fingerprint density at radius 2 is 1.51 bits per heavy atom. The number of amides is 1. The maximum atomic E-state index is 13.3. The number of benzene rings is 2. The number of hydrogen-bond acceptors (Lipinski definition) is 3. The number of piperidine rings is 1. The number of carbonyl (C=O) groups excluding carboxylic acids is 1. The second-order valence-electron chi connectivity index (χ2n) is 10.8. The number of fused-ring (bicyclic) bond motifs is 1. The van der Waals surface area contributed by atoms with Gasteiger partial charge in [0, 0.05) is 80.6 Å². The lowest BCUT2D eigenvalue weighted by Crippen LogP contribution is -2.51. The Labute approximate surface area is 209 Å². The van der Waals surface area contributed by atoms with Crippen molar-refractivity contribution in [1.82, 2.24) is 19.3 Å². The second-order valence-corrected chi connectivity index (χ2v) is 10.8. The van der Waals surface area contributed by atoms with Crippen molar-refractivity contribution in [2.24, 2.45) is 0 Å². The SMILES string of the molecule is O=C(c1ccc2c(ccn2C2CCN(Cc3ccccc3)CC2)c1)N1CCN(C2CCCC2)CC1. The molecule has 0 radical (unpaired) electrons. The van der Waals surface area contributed by atoms with E-state index in [9.17, 15) is 4.79 Å². The van der Waals surface area contributed by atoms with Gasteiger partial charge >= 0.3 is 0 Å². The first kappa shape index (κ1) is 22.8. The molecular formula is C30H38N4O. The van der Waals surface area contributed by atoms with Crippen molar-refractivity contribution in [3.8, 4) is 0 Å². The fourth-order valence-electron chi connectivity index (χ4n) is 6.55. The average Bonchev–Trinajstić information content (AvgIpc) is 3.60. The molecule has 1 aromatic heterocycles. The maximum absolute atomic E-state index is 13.3. The lowest BCUT2D eigenvalue weighted by molar-refractivity contribution is 0.0573. The third kappa shape index (κ3) is 4.89. The first-order chi connectivity index (χ1) is 17.2. The molecule has 6 rings (SSSR count). The monoisotopic (exact) mass is 470 g/mol. The molecule has 1 amide bonds. The zero-order valence-corrected chi connectivity index (χ0v) is 20.8. The van der Waals surface area contributed by atoms with Crippen LogP contribution in [0.3, 0.4) is 0 Å². The molecule has 0 atom stereocenters. The van der Waals surface area contributed by atoms with Gasteiger partial charge < -0.3 is 9.47 Å². The molecule has 3 aliphatic rings. The van der Waals surface area contributed by atoms with E-state index in [0.29, 0.717) is 6.04 Å². The van der Waals surface area contributed by atoms with Crippen molar-refractivity contribution in [3.05, 3.63) is 71.9 Å². The van der Waals surface area contributed by atoms with E-state index in [1.54, 1.807) is 0 Å². The smallest absolute Gasteiger partial charge is 0.253 e. The number of likely N-dealkylation sites (tertiary alicyclic amines) is 1. The number of piperazine rings is 1. The van der Waals surface area contributed by atoms with Gasteiger partial charge in [0.25, 0.3) is 5.91 Å². The van der Waals surface area contributed by atoms with E-state index in [1.165, 1.54) is 55.0 Å². The molecule has 2 aliphatic heterocycles. The standard InChI is InChI=1S/C30H38N4O/c35-30(33-20-18-32(19-21-33)27-8-4-5-9-27)26-10-11-29-25(22-26)12-17-34(29)28-13-15-31(16-14-28)23-24-6-2-1-3-7-24/h1-3,6-7,10-12,17,22,27-28H,4-5,8-9,13-16,18-21,23H2. The van der Waals surface area contributed by atoms with Crippen LogP contribution in [-0.4, -0.2) is 70.5 Å². The minimum Gasteiger partial charge on any atom is -0.344 e. The summed E-state index contributed by atoms with van der Waals surface area (Å²) in [7, 11) is 0. The molecule has 2 saturated heterocycles. The number of carbonyl (C=O) groups is 1. The van der Waals surface area contributed by atoms with Gasteiger partial charge in [0.15, 0.2) is 0 Å². The summed E-state index contributed by atoms with van der Waals surface area (Å²) in [4.78, 5) is 20.5. The van der Waals surface area contributed by atoms with Crippen LogP contribution in [0.1, 0.15) is 60.5 Å². The van der Waals surface area contributed by atoms with Crippen molar-refractivity contribution in [2.75, 3.05) is 39.3 Å². The molecule has 0 spiro atoms. The second kappa shape index (κ2) is 10.2. The Morgan fingerprint density at radius 1 is 0.771 bits per heavy atom. The predicted octanol–water partition coefficient (Wildman–Crippen LogP) is 5.18. The Kier molecular flexibility index (Phi) is 6.62. The topological polar surface area (TPSA) is 31.7 Å². The third-order valence-electron chi connectivity index (χ3n) is 8.61. The van der Waals surface area contributed by atoms with Crippen LogP contribution >= 0.6 is 0 Å². The van der Waals surface area contributed by atoms with Crippen molar-refractivity contribution in [2.45, 2.75) is 57.2 Å². The molecular weight excluding hydrogens is 432 g/mol. The zero-order valence-electron chi connectivity index (χ0n) is 20.8. The predicted molar refractivity (Wildman–Crippen MR) is 142 cm³/mol. The number of nitrogens with zero attached hydrogens (tertiary/aromatic N) is 4. The normalized spacial score (nSPS) is 21.2. The molecule has 5 heteroatoms. The van der Waals surface area contributed by atoms with Gasteiger partial charge in [0.1, 0.15) is 0 Å². The van der Waals surface area contributed by atoms with Gasteiger partial charge in [-0.25, -0.2) is 0 Å². The van der Waals surface area contributed by atoms with Crippen LogP contribution in [0.4, 0.5) is 0 Å². The Balaban J connectivity index is 1.07. The summed E-state index contributed by atoms with van der Waals surface area (Å²) in [5.41, 5.74) is 3.49. The number of hydrogen-bond donors (Lipinski definition) is 0. The number of rotatable bonds is 5. The van der Waals surface area contributed by atoms with Crippen molar-refractivity contribution in [1.29, 1.82) is 0 Å². The van der Waals surface area contributed by atoms with E-state index in [1.807, 2.05) is 0 Å². The summed E-state index contributed by atoms with van der Waals surface area (Å²) in [5.74, 6) is 0.194. The van der Waals surface area contributed by atoms with Gasteiger partial charge in [-0.3, -0.25) is 14.6 Å². The van der Waals surface area contributed by atoms with Crippen LogP contribution in [0.2, 0.25) is 0 Å². The first-order valence-corrected chi connectivity index (χ1v) is 13.6.